The lowest BCUT2D eigenvalue weighted by molar-refractivity contribution is -0.385. The third-order valence-corrected chi connectivity index (χ3v) is 2.95. The molecule has 0 aliphatic rings. The van der Waals surface area contributed by atoms with Crippen LogP contribution in [0, 0.1) is 17.0 Å². The van der Waals surface area contributed by atoms with Gasteiger partial charge in [0, 0.05) is 35.5 Å². The zero-order valence-electron chi connectivity index (χ0n) is 10.8. The molecule has 0 aromatic heterocycles. The number of nitrogens with one attached hydrogen (secondary N) is 1. The van der Waals surface area contributed by atoms with Crippen LogP contribution < -0.4 is 5.32 Å². The lowest BCUT2D eigenvalue weighted by Gasteiger charge is -2.09. The third kappa shape index (κ3) is 2.97. The summed E-state index contributed by atoms with van der Waals surface area (Å²) in [4.78, 5) is 10.3. The Balaban J connectivity index is 2.11. The molecule has 0 bridgehead atoms. The van der Waals surface area contributed by atoms with E-state index in [1.165, 1.54) is 18.2 Å². The van der Waals surface area contributed by atoms with Crippen molar-refractivity contribution >= 4 is 11.4 Å². The highest BCUT2D eigenvalue weighted by atomic mass is 16.6. The summed E-state index contributed by atoms with van der Waals surface area (Å²) in [5.41, 5.74) is 1.98. The van der Waals surface area contributed by atoms with Gasteiger partial charge in [0.2, 0.25) is 0 Å². The number of anilines is 1. The quantitative estimate of drug-likeness (QED) is 0.588. The average molecular weight is 274 g/mol. The second-order valence-electron chi connectivity index (χ2n) is 4.42. The first-order valence-corrected chi connectivity index (χ1v) is 5.97. The summed E-state index contributed by atoms with van der Waals surface area (Å²) < 4.78 is 0. The number of nitro groups is 1. The van der Waals surface area contributed by atoms with E-state index in [2.05, 4.69) is 5.32 Å². The predicted molar refractivity (Wildman–Crippen MR) is 74.9 cm³/mol. The smallest absolute Gasteiger partial charge is 0.272 e. The Hall–Kier alpha value is -2.76. The second-order valence-corrected chi connectivity index (χ2v) is 4.42. The Morgan fingerprint density at radius 2 is 1.95 bits per heavy atom. The summed E-state index contributed by atoms with van der Waals surface area (Å²) in [5.74, 6) is -0.00596. The van der Waals surface area contributed by atoms with Gasteiger partial charge < -0.3 is 15.5 Å². The lowest BCUT2D eigenvalue weighted by atomic mass is 10.1. The molecule has 0 aliphatic carbocycles. The first kappa shape index (κ1) is 13.7. The van der Waals surface area contributed by atoms with Gasteiger partial charge in [0.1, 0.15) is 11.5 Å². The highest BCUT2D eigenvalue weighted by Crippen LogP contribution is 2.25. The summed E-state index contributed by atoms with van der Waals surface area (Å²) in [5, 5.41) is 32.6. The molecule has 2 aromatic rings. The van der Waals surface area contributed by atoms with Gasteiger partial charge in [-0.25, -0.2) is 0 Å². The zero-order chi connectivity index (χ0) is 14.7. The normalized spacial score (nSPS) is 10.2. The van der Waals surface area contributed by atoms with Gasteiger partial charge >= 0.3 is 0 Å². The molecule has 0 saturated carbocycles. The van der Waals surface area contributed by atoms with Crippen molar-refractivity contribution < 1.29 is 15.1 Å². The first-order chi connectivity index (χ1) is 9.47. The van der Waals surface area contributed by atoms with Crippen LogP contribution in [-0.4, -0.2) is 15.1 Å². The molecule has 0 amide bonds. The summed E-state index contributed by atoms with van der Waals surface area (Å²) in [6.45, 7) is 2.02. The Kier molecular flexibility index (Phi) is 3.74. The zero-order valence-corrected chi connectivity index (χ0v) is 10.8. The number of nitro benzene ring substituents is 1. The van der Waals surface area contributed by atoms with Gasteiger partial charge in [-0.1, -0.05) is 0 Å². The molecular weight excluding hydrogens is 260 g/mol. The van der Waals surface area contributed by atoms with Gasteiger partial charge in [-0.15, -0.1) is 0 Å². The predicted octanol–water partition coefficient (Wildman–Crippen LogP) is 2.93. The van der Waals surface area contributed by atoms with Crippen LogP contribution in [0.2, 0.25) is 0 Å². The number of phenolic OH excluding ortho intramolecular Hbond substituents is 2. The molecule has 0 spiro atoms. The standard InChI is InChI=1S/C14H14N2O4/c1-9-6-11(3-5-13(9)16(19)20)15-8-10-2-4-12(17)7-14(10)18/h2-7,15,17-18H,8H2,1H3. The summed E-state index contributed by atoms with van der Waals surface area (Å²) in [7, 11) is 0. The van der Waals surface area contributed by atoms with Crippen LogP contribution in [0.15, 0.2) is 36.4 Å². The van der Waals surface area contributed by atoms with Crippen molar-refractivity contribution in [3.63, 3.8) is 0 Å². The molecule has 0 saturated heterocycles. The molecule has 3 N–H and O–H groups in total. The minimum absolute atomic E-state index is 0.00238. The van der Waals surface area contributed by atoms with Gasteiger partial charge in [-0.05, 0) is 31.2 Å². The third-order valence-electron chi connectivity index (χ3n) is 2.95. The average Bonchev–Trinajstić information content (AvgIpc) is 2.37. The van der Waals surface area contributed by atoms with Crippen molar-refractivity contribution in [2.75, 3.05) is 5.32 Å². The molecule has 6 nitrogen and oxygen atoms in total. The van der Waals surface area contributed by atoms with Crippen LogP contribution >= 0.6 is 0 Å². The molecular formula is C14H14N2O4. The molecule has 20 heavy (non-hydrogen) atoms. The van der Waals surface area contributed by atoms with E-state index in [0.29, 0.717) is 17.7 Å². The molecule has 104 valence electrons. The van der Waals surface area contributed by atoms with Crippen molar-refractivity contribution in [3.05, 3.63) is 57.6 Å². The number of aryl methyl sites for hydroxylation is 1. The molecule has 6 heteroatoms. The van der Waals surface area contributed by atoms with Crippen molar-refractivity contribution in [3.8, 4) is 11.5 Å². The molecule has 0 aliphatic heterocycles. The van der Waals surface area contributed by atoms with Gasteiger partial charge in [0.15, 0.2) is 0 Å². The monoisotopic (exact) mass is 274 g/mol. The highest BCUT2D eigenvalue weighted by molar-refractivity contribution is 5.54. The number of aromatic hydroxyl groups is 2. The van der Waals surface area contributed by atoms with E-state index < -0.39 is 4.92 Å². The van der Waals surface area contributed by atoms with Crippen molar-refractivity contribution in [1.29, 1.82) is 0 Å². The molecule has 2 rings (SSSR count). The Bertz CT molecular complexity index is 656. The number of rotatable bonds is 4. The fraction of sp³-hybridized carbons (Fsp3) is 0.143. The maximum atomic E-state index is 10.7. The van der Waals surface area contributed by atoms with Crippen LogP contribution in [0.1, 0.15) is 11.1 Å². The number of benzene rings is 2. The topological polar surface area (TPSA) is 95.6 Å². The summed E-state index contributed by atoms with van der Waals surface area (Å²) in [6, 6.07) is 9.08. The number of hydrogen-bond donors (Lipinski definition) is 3. The first-order valence-electron chi connectivity index (χ1n) is 5.97. The number of phenols is 2. The molecule has 0 fully saturated rings. The van der Waals surface area contributed by atoms with Crippen LogP contribution in [0.5, 0.6) is 11.5 Å². The molecule has 0 radical (unpaired) electrons. The van der Waals surface area contributed by atoms with E-state index in [1.807, 2.05) is 0 Å². The van der Waals surface area contributed by atoms with Crippen molar-refractivity contribution in [2.45, 2.75) is 13.5 Å². The highest BCUT2D eigenvalue weighted by Gasteiger charge is 2.10. The largest absolute Gasteiger partial charge is 0.508 e. The molecule has 2 aromatic carbocycles. The fourth-order valence-electron chi connectivity index (χ4n) is 1.87. The lowest BCUT2D eigenvalue weighted by Crippen LogP contribution is -2.00. The van der Waals surface area contributed by atoms with Crippen molar-refractivity contribution in [1.82, 2.24) is 0 Å². The van der Waals surface area contributed by atoms with Crippen LogP contribution in [-0.2, 0) is 6.54 Å². The Morgan fingerprint density at radius 3 is 2.55 bits per heavy atom. The summed E-state index contributed by atoms with van der Waals surface area (Å²) >= 11 is 0. The van der Waals surface area contributed by atoms with Crippen LogP contribution in [0.3, 0.4) is 0 Å². The fourth-order valence-corrected chi connectivity index (χ4v) is 1.87. The van der Waals surface area contributed by atoms with Gasteiger partial charge in [-0.2, -0.15) is 0 Å². The SMILES string of the molecule is Cc1cc(NCc2ccc(O)cc2O)ccc1[N+](=O)[O-]. The molecule has 0 atom stereocenters. The minimum Gasteiger partial charge on any atom is -0.508 e. The van der Waals surface area contributed by atoms with Gasteiger partial charge in [0.05, 0.1) is 4.92 Å². The Labute approximate surface area is 115 Å². The number of hydrogen-bond acceptors (Lipinski definition) is 5. The molecule has 0 unspecified atom stereocenters. The Morgan fingerprint density at radius 1 is 1.20 bits per heavy atom. The van der Waals surface area contributed by atoms with Crippen molar-refractivity contribution in [2.24, 2.45) is 0 Å². The van der Waals surface area contributed by atoms with E-state index in [0.717, 1.165) is 5.69 Å². The van der Waals surface area contributed by atoms with Gasteiger partial charge in [-0.3, -0.25) is 10.1 Å². The van der Waals surface area contributed by atoms with Crippen LogP contribution in [0.4, 0.5) is 11.4 Å². The van der Waals surface area contributed by atoms with Crippen LogP contribution in [0.25, 0.3) is 0 Å². The minimum atomic E-state index is -0.426. The van der Waals surface area contributed by atoms with E-state index in [4.69, 9.17) is 0 Å². The van der Waals surface area contributed by atoms with E-state index in [-0.39, 0.29) is 17.2 Å². The summed E-state index contributed by atoms with van der Waals surface area (Å²) in [6.07, 6.45) is 0. The van der Waals surface area contributed by atoms with Gasteiger partial charge in [0.25, 0.3) is 5.69 Å². The molecule has 0 heterocycles. The van der Waals surface area contributed by atoms with E-state index in [9.17, 15) is 20.3 Å². The number of nitrogens with zero attached hydrogens (tertiary/aromatic N) is 1. The second kappa shape index (κ2) is 5.48. The van der Waals surface area contributed by atoms with E-state index >= 15 is 0 Å². The maximum absolute atomic E-state index is 10.7. The van der Waals surface area contributed by atoms with E-state index in [1.54, 1.807) is 25.1 Å². The maximum Gasteiger partial charge on any atom is 0.272 e.